The molecule has 1 saturated heterocycles. The van der Waals surface area contributed by atoms with Crippen LogP contribution in [0.2, 0.25) is 5.02 Å². The van der Waals surface area contributed by atoms with Crippen LogP contribution in [0.3, 0.4) is 0 Å². The Bertz CT molecular complexity index is 1260. The van der Waals surface area contributed by atoms with Crippen LogP contribution in [0.4, 0.5) is 26.1 Å². The zero-order valence-electron chi connectivity index (χ0n) is 20.7. The van der Waals surface area contributed by atoms with E-state index in [-0.39, 0.29) is 23.4 Å². The van der Waals surface area contributed by atoms with Crippen LogP contribution in [0.15, 0.2) is 36.5 Å². The number of nitrogens with zero attached hydrogens (tertiary/aromatic N) is 4. The first-order valence-electron chi connectivity index (χ1n) is 12.3. The molecule has 3 heterocycles. The first kappa shape index (κ1) is 24.7. The van der Waals surface area contributed by atoms with Crippen molar-refractivity contribution in [2.24, 2.45) is 0 Å². The summed E-state index contributed by atoms with van der Waals surface area (Å²) in [6, 6.07) is 8.92. The summed E-state index contributed by atoms with van der Waals surface area (Å²) in [5.74, 6) is -0.361. The first-order valence-corrected chi connectivity index (χ1v) is 12.7. The fraction of sp³-hybridized carbons (Fsp3) is 0.407. The van der Waals surface area contributed by atoms with Gasteiger partial charge in [0.15, 0.2) is 17.4 Å². The predicted molar refractivity (Wildman–Crippen MR) is 140 cm³/mol. The Kier molecular flexibility index (Phi) is 6.99. The number of benzene rings is 2. The van der Waals surface area contributed by atoms with Crippen molar-refractivity contribution >= 4 is 28.9 Å². The van der Waals surface area contributed by atoms with E-state index in [2.05, 4.69) is 27.2 Å². The van der Waals surface area contributed by atoms with E-state index >= 15 is 0 Å². The molecule has 0 radical (unpaired) electrons. The highest BCUT2D eigenvalue weighted by atomic mass is 35.5. The van der Waals surface area contributed by atoms with Gasteiger partial charge in [0.25, 0.3) is 0 Å². The van der Waals surface area contributed by atoms with Crippen LogP contribution < -0.4 is 15.0 Å². The Morgan fingerprint density at radius 2 is 1.86 bits per heavy atom. The summed E-state index contributed by atoms with van der Waals surface area (Å²) in [4.78, 5) is 12.8. The lowest BCUT2D eigenvalue weighted by Gasteiger charge is -2.34. The number of piperidine rings is 1. The number of hydrogen-bond acceptors (Lipinski definition) is 6. The van der Waals surface area contributed by atoms with Gasteiger partial charge in [-0.2, -0.15) is 0 Å². The number of aromatic nitrogens is 2. The third kappa shape index (κ3) is 4.97. The third-order valence-corrected chi connectivity index (χ3v) is 7.30. The molecule has 1 aromatic heterocycles. The lowest BCUT2D eigenvalue weighted by molar-refractivity contribution is 0.255. The van der Waals surface area contributed by atoms with Gasteiger partial charge in [-0.1, -0.05) is 17.7 Å². The zero-order valence-corrected chi connectivity index (χ0v) is 21.4. The number of hydrogen-bond donors (Lipinski definition) is 1. The van der Waals surface area contributed by atoms with Crippen molar-refractivity contribution in [2.75, 3.05) is 43.5 Å². The van der Waals surface area contributed by atoms with Crippen LogP contribution in [0.25, 0.3) is 11.3 Å². The molecule has 5 rings (SSSR count). The van der Waals surface area contributed by atoms with Crippen LogP contribution in [0, 0.1) is 11.6 Å². The molecule has 36 heavy (non-hydrogen) atoms. The molecule has 0 amide bonds. The van der Waals surface area contributed by atoms with E-state index in [9.17, 15) is 8.78 Å². The summed E-state index contributed by atoms with van der Waals surface area (Å²) in [6.07, 6.45) is 3.24. The standard InChI is InChI=1S/C27H30ClF2N5O/c1-16(2)35-10-11-36-26-22(29)12-18(13-24(26)35)25-23(30)15-31-27(33-25)32-19-4-5-20(21(28)14-19)17-6-8-34(3)9-7-17/h4-5,12-17H,6-11H2,1-3H3,(H,31,32,33). The van der Waals surface area contributed by atoms with Gasteiger partial charge in [-0.15, -0.1) is 0 Å². The smallest absolute Gasteiger partial charge is 0.227 e. The van der Waals surface area contributed by atoms with Gasteiger partial charge in [-0.25, -0.2) is 18.7 Å². The molecule has 2 aliphatic rings. The summed E-state index contributed by atoms with van der Waals surface area (Å²) < 4.78 is 35.3. The average Bonchev–Trinajstić information content (AvgIpc) is 2.85. The number of likely N-dealkylation sites (tertiary alicyclic amines) is 1. The summed E-state index contributed by atoms with van der Waals surface area (Å²) in [6.45, 7) is 7.18. The monoisotopic (exact) mass is 513 g/mol. The molecule has 1 fully saturated rings. The minimum absolute atomic E-state index is 0.0116. The Hall–Kier alpha value is -2.97. The van der Waals surface area contributed by atoms with E-state index in [1.807, 2.05) is 36.9 Å². The molecule has 190 valence electrons. The van der Waals surface area contributed by atoms with Gasteiger partial charge >= 0.3 is 0 Å². The molecule has 1 N–H and O–H groups in total. The van der Waals surface area contributed by atoms with Gasteiger partial charge < -0.3 is 19.9 Å². The van der Waals surface area contributed by atoms with Gasteiger partial charge in [0.2, 0.25) is 5.95 Å². The summed E-state index contributed by atoms with van der Waals surface area (Å²) in [5, 5.41) is 3.80. The van der Waals surface area contributed by atoms with Gasteiger partial charge in [0.1, 0.15) is 12.3 Å². The quantitative estimate of drug-likeness (QED) is 0.436. The fourth-order valence-electron chi connectivity index (χ4n) is 4.99. The van der Waals surface area contributed by atoms with Crippen molar-refractivity contribution in [2.45, 2.75) is 38.6 Å². The summed E-state index contributed by atoms with van der Waals surface area (Å²) in [7, 11) is 2.13. The highest BCUT2D eigenvalue weighted by Crippen LogP contribution is 2.40. The molecular weight excluding hydrogens is 484 g/mol. The van der Waals surface area contributed by atoms with Gasteiger partial charge in [0, 0.05) is 22.3 Å². The Labute approximate surface area is 215 Å². The van der Waals surface area contributed by atoms with E-state index in [0.29, 0.717) is 41.0 Å². The minimum Gasteiger partial charge on any atom is -0.486 e. The van der Waals surface area contributed by atoms with Crippen LogP contribution in [-0.4, -0.2) is 54.2 Å². The highest BCUT2D eigenvalue weighted by molar-refractivity contribution is 6.31. The zero-order chi connectivity index (χ0) is 25.4. The molecule has 3 aromatic rings. The van der Waals surface area contributed by atoms with Crippen LogP contribution in [-0.2, 0) is 0 Å². The highest BCUT2D eigenvalue weighted by Gasteiger charge is 2.26. The molecule has 0 spiro atoms. The predicted octanol–water partition coefficient (Wildman–Crippen LogP) is 6.24. The van der Waals surface area contributed by atoms with Crippen molar-refractivity contribution in [3.05, 3.63) is 58.7 Å². The van der Waals surface area contributed by atoms with Crippen LogP contribution in [0.5, 0.6) is 5.75 Å². The fourth-order valence-corrected chi connectivity index (χ4v) is 5.32. The van der Waals surface area contributed by atoms with Crippen LogP contribution in [0.1, 0.15) is 38.2 Å². The van der Waals surface area contributed by atoms with Crippen LogP contribution >= 0.6 is 11.6 Å². The molecule has 0 aliphatic carbocycles. The second-order valence-corrected chi connectivity index (χ2v) is 10.2. The van der Waals surface area contributed by atoms with E-state index in [4.69, 9.17) is 16.3 Å². The molecule has 2 aromatic carbocycles. The molecule has 0 atom stereocenters. The molecule has 0 unspecified atom stereocenters. The molecule has 2 aliphatic heterocycles. The van der Waals surface area contributed by atoms with Crippen molar-refractivity contribution in [1.29, 1.82) is 0 Å². The summed E-state index contributed by atoms with van der Waals surface area (Å²) >= 11 is 6.63. The van der Waals surface area contributed by atoms with Gasteiger partial charge in [0.05, 0.1) is 18.4 Å². The number of nitrogens with one attached hydrogen (secondary N) is 1. The SMILES string of the molecule is CC(C)N1CCOc2c(F)cc(-c3nc(Nc4ccc(C5CCN(C)CC5)c(Cl)c4)ncc3F)cc21. The number of rotatable bonds is 5. The van der Waals surface area contributed by atoms with Crippen molar-refractivity contribution in [3.63, 3.8) is 0 Å². The lowest BCUT2D eigenvalue weighted by Crippen LogP contribution is -2.38. The lowest BCUT2D eigenvalue weighted by atomic mass is 9.89. The Morgan fingerprint density at radius 3 is 2.58 bits per heavy atom. The number of ether oxygens (including phenoxy) is 1. The average molecular weight is 514 g/mol. The first-order chi connectivity index (χ1) is 17.3. The third-order valence-electron chi connectivity index (χ3n) is 6.97. The van der Waals surface area contributed by atoms with E-state index in [1.165, 1.54) is 6.07 Å². The maximum atomic E-state index is 14.9. The Balaban J connectivity index is 1.41. The van der Waals surface area contributed by atoms with Crippen molar-refractivity contribution in [1.82, 2.24) is 14.9 Å². The largest absolute Gasteiger partial charge is 0.486 e. The van der Waals surface area contributed by atoms with Crippen molar-refractivity contribution < 1.29 is 13.5 Å². The van der Waals surface area contributed by atoms with E-state index < -0.39 is 11.6 Å². The second-order valence-electron chi connectivity index (χ2n) is 9.77. The normalized spacial score (nSPS) is 16.7. The van der Waals surface area contributed by atoms with Gasteiger partial charge in [-0.3, -0.25) is 0 Å². The molecule has 9 heteroatoms. The maximum absolute atomic E-state index is 14.9. The number of anilines is 3. The second kappa shape index (κ2) is 10.2. The maximum Gasteiger partial charge on any atom is 0.227 e. The molecular formula is C27H30ClF2N5O. The van der Waals surface area contributed by atoms with Gasteiger partial charge in [-0.05, 0) is 82.6 Å². The van der Waals surface area contributed by atoms with E-state index in [1.54, 1.807) is 6.07 Å². The summed E-state index contributed by atoms with van der Waals surface area (Å²) in [5.41, 5.74) is 2.76. The Morgan fingerprint density at radius 1 is 1.08 bits per heavy atom. The van der Waals surface area contributed by atoms with Crippen molar-refractivity contribution in [3.8, 4) is 17.0 Å². The molecule has 0 bridgehead atoms. The molecule has 0 saturated carbocycles. The molecule has 6 nitrogen and oxygen atoms in total. The minimum atomic E-state index is -0.636. The number of fused-ring (bicyclic) bond motifs is 1. The van der Waals surface area contributed by atoms with E-state index in [0.717, 1.165) is 37.7 Å². The topological polar surface area (TPSA) is 53.5 Å². The number of halogens is 3.